The molecule has 1 aromatic carbocycles. The lowest BCUT2D eigenvalue weighted by Gasteiger charge is -2.37. The summed E-state index contributed by atoms with van der Waals surface area (Å²) in [4.78, 5) is 12.6. The van der Waals surface area contributed by atoms with Crippen molar-refractivity contribution in [2.75, 3.05) is 24.2 Å². The number of hydrogen-bond acceptors (Lipinski definition) is 4. The van der Waals surface area contributed by atoms with Crippen LogP contribution in [-0.2, 0) is 14.8 Å². The number of carbonyl (C=O) groups excluding carboxylic acids is 1. The number of nitrogens with zero attached hydrogens (tertiary/aromatic N) is 1. The Kier molecular flexibility index (Phi) is 6.47. The molecule has 1 aromatic rings. The van der Waals surface area contributed by atoms with Crippen LogP contribution < -0.4 is 11.1 Å². The molecule has 1 saturated heterocycles. The van der Waals surface area contributed by atoms with Gasteiger partial charge in [0.15, 0.2) is 0 Å². The molecule has 1 fully saturated rings. The monoisotopic (exact) mass is 381 g/mol. The van der Waals surface area contributed by atoms with Crippen LogP contribution in [-0.4, -0.2) is 43.0 Å². The predicted molar refractivity (Wildman–Crippen MR) is 106 cm³/mol. The van der Waals surface area contributed by atoms with Gasteiger partial charge in [-0.15, -0.1) is 0 Å². The lowest BCUT2D eigenvalue weighted by molar-refractivity contribution is -0.122. The number of piperidine rings is 1. The van der Waals surface area contributed by atoms with Gasteiger partial charge in [-0.3, -0.25) is 4.79 Å². The summed E-state index contributed by atoms with van der Waals surface area (Å²) in [5.74, 6) is 0.369. The van der Waals surface area contributed by atoms with Gasteiger partial charge in [-0.25, -0.2) is 12.7 Å². The Morgan fingerprint density at radius 3 is 2.15 bits per heavy atom. The van der Waals surface area contributed by atoms with E-state index in [4.69, 9.17) is 5.73 Å². The van der Waals surface area contributed by atoms with Crippen molar-refractivity contribution in [3.8, 4) is 0 Å². The first kappa shape index (κ1) is 20.9. The molecule has 0 aromatic heterocycles. The van der Waals surface area contributed by atoms with Crippen LogP contribution in [0, 0.1) is 5.92 Å². The normalized spacial score (nSPS) is 18.3. The number of amides is 1. The van der Waals surface area contributed by atoms with E-state index in [-0.39, 0.29) is 30.7 Å². The second-order valence-electron chi connectivity index (χ2n) is 7.96. The fourth-order valence-corrected chi connectivity index (χ4v) is 4.92. The first-order valence-corrected chi connectivity index (χ1v) is 10.8. The molecule has 26 heavy (non-hydrogen) atoms. The number of sulfonamides is 1. The van der Waals surface area contributed by atoms with Crippen LogP contribution in [0.3, 0.4) is 0 Å². The maximum atomic E-state index is 12.6. The van der Waals surface area contributed by atoms with Crippen molar-refractivity contribution in [3.05, 3.63) is 29.8 Å². The number of carbonyl (C=O) groups is 1. The second-order valence-corrected chi connectivity index (χ2v) is 9.97. The van der Waals surface area contributed by atoms with Gasteiger partial charge in [0.1, 0.15) is 0 Å². The van der Waals surface area contributed by atoms with Crippen LogP contribution in [0.25, 0.3) is 0 Å². The second kappa shape index (κ2) is 8.06. The van der Waals surface area contributed by atoms with Crippen molar-refractivity contribution in [2.45, 2.75) is 52.0 Å². The quantitative estimate of drug-likeness (QED) is 0.792. The minimum Gasteiger partial charge on any atom is -0.324 e. The lowest BCUT2D eigenvalue weighted by atomic mass is 9.88. The van der Waals surface area contributed by atoms with E-state index in [0.717, 1.165) is 0 Å². The van der Waals surface area contributed by atoms with Gasteiger partial charge >= 0.3 is 0 Å². The summed E-state index contributed by atoms with van der Waals surface area (Å²) in [5.41, 5.74) is 7.17. The Labute approximate surface area is 157 Å². The molecular weight excluding hydrogens is 350 g/mol. The minimum absolute atomic E-state index is 0.0710. The SMILES string of the molecule is CC(C)CS(=O)(=O)N1CCC(N)(C(=O)Nc2ccc(C(C)C)cc2)CC1. The highest BCUT2D eigenvalue weighted by Crippen LogP contribution is 2.25. The zero-order chi connectivity index (χ0) is 19.5. The van der Waals surface area contributed by atoms with E-state index in [1.54, 1.807) is 0 Å². The van der Waals surface area contributed by atoms with Crippen LogP contribution in [0.15, 0.2) is 24.3 Å². The van der Waals surface area contributed by atoms with E-state index < -0.39 is 15.6 Å². The molecule has 1 heterocycles. The molecule has 2 rings (SSSR count). The van der Waals surface area contributed by atoms with Gasteiger partial charge < -0.3 is 11.1 Å². The zero-order valence-corrected chi connectivity index (χ0v) is 17.0. The van der Waals surface area contributed by atoms with Gasteiger partial charge in [-0.1, -0.05) is 39.8 Å². The molecule has 0 atom stereocenters. The molecule has 146 valence electrons. The third-order valence-corrected chi connectivity index (χ3v) is 7.08. The highest BCUT2D eigenvalue weighted by molar-refractivity contribution is 7.89. The van der Waals surface area contributed by atoms with Crippen molar-refractivity contribution in [2.24, 2.45) is 11.7 Å². The molecular formula is C19H31N3O3S. The van der Waals surface area contributed by atoms with E-state index in [2.05, 4.69) is 19.2 Å². The number of nitrogens with one attached hydrogen (secondary N) is 1. The minimum atomic E-state index is -3.28. The number of rotatable bonds is 6. The molecule has 0 aliphatic carbocycles. The van der Waals surface area contributed by atoms with Crippen molar-refractivity contribution in [1.29, 1.82) is 0 Å². The van der Waals surface area contributed by atoms with Gasteiger partial charge in [0.25, 0.3) is 0 Å². The fourth-order valence-electron chi connectivity index (χ4n) is 3.12. The van der Waals surface area contributed by atoms with Gasteiger partial charge in [-0.2, -0.15) is 0 Å². The highest BCUT2D eigenvalue weighted by Gasteiger charge is 2.40. The summed E-state index contributed by atoms with van der Waals surface area (Å²) in [7, 11) is -3.28. The topological polar surface area (TPSA) is 92.5 Å². The molecule has 0 radical (unpaired) electrons. The predicted octanol–water partition coefficient (Wildman–Crippen LogP) is 2.53. The molecule has 0 unspecified atom stereocenters. The van der Waals surface area contributed by atoms with Gasteiger partial charge in [0.05, 0.1) is 11.3 Å². The average molecular weight is 382 g/mol. The maximum Gasteiger partial charge on any atom is 0.244 e. The summed E-state index contributed by atoms with van der Waals surface area (Å²) in [6, 6.07) is 7.73. The Hall–Kier alpha value is -1.44. The van der Waals surface area contributed by atoms with E-state index in [9.17, 15) is 13.2 Å². The summed E-state index contributed by atoms with van der Waals surface area (Å²) in [5, 5.41) is 2.87. The van der Waals surface area contributed by atoms with Crippen molar-refractivity contribution in [3.63, 3.8) is 0 Å². The van der Waals surface area contributed by atoms with Gasteiger partial charge in [0, 0.05) is 18.8 Å². The van der Waals surface area contributed by atoms with E-state index in [1.165, 1.54) is 9.87 Å². The van der Waals surface area contributed by atoms with Gasteiger partial charge in [-0.05, 0) is 42.4 Å². The first-order valence-electron chi connectivity index (χ1n) is 9.21. The van der Waals surface area contributed by atoms with Crippen LogP contribution >= 0.6 is 0 Å². The Morgan fingerprint density at radius 1 is 1.15 bits per heavy atom. The third-order valence-electron chi connectivity index (χ3n) is 4.84. The first-order chi connectivity index (χ1) is 12.0. The molecule has 7 heteroatoms. The molecule has 1 aliphatic rings. The molecule has 0 spiro atoms. The molecule has 0 saturated carbocycles. The lowest BCUT2D eigenvalue weighted by Crippen LogP contribution is -2.58. The smallest absolute Gasteiger partial charge is 0.244 e. The summed E-state index contributed by atoms with van der Waals surface area (Å²) < 4.78 is 26.1. The number of benzene rings is 1. The average Bonchev–Trinajstić information content (AvgIpc) is 2.54. The summed E-state index contributed by atoms with van der Waals surface area (Å²) >= 11 is 0. The van der Waals surface area contributed by atoms with Crippen molar-refractivity contribution >= 4 is 21.6 Å². The number of anilines is 1. The molecule has 0 bridgehead atoms. The van der Waals surface area contributed by atoms with Crippen molar-refractivity contribution < 1.29 is 13.2 Å². The molecule has 3 N–H and O–H groups in total. The largest absolute Gasteiger partial charge is 0.324 e. The fraction of sp³-hybridized carbons (Fsp3) is 0.632. The van der Waals surface area contributed by atoms with E-state index in [0.29, 0.717) is 24.4 Å². The number of nitrogens with two attached hydrogens (primary N) is 1. The zero-order valence-electron chi connectivity index (χ0n) is 16.2. The van der Waals surface area contributed by atoms with Crippen LogP contribution in [0.5, 0.6) is 0 Å². The van der Waals surface area contributed by atoms with E-state index >= 15 is 0 Å². The standard InChI is InChI=1S/C19H31N3O3S/c1-14(2)13-26(24,25)22-11-9-19(20,10-12-22)18(23)21-17-7-5-16(6-8-17)15(3)4/h5-8,14-15H,9-13,20H2,1-4H3,(H,21,23). The Morgan fingerprint density at radius 2 is 1.69 bits per heavy atom. The number of hydrogen-bond donors (Lipinski definition) is 2. The molecule has 6 nitrogen and oxygen atoms in total. The molecule has 1 amide bonds. The highest BCUT2D eigenvalue weighted by atomic mass is 32.2. The van der Waals surface area contributed by atoms with Crippen LogP contribution in [0.1, 0.15) is 52.0 Å². The Balaban J connectivity index is 1.98. The maximum absolute atomic E-state index is 12.6. The summed E-state index contributed by atoms with van der Waals surface area (Å²) in [6.07, 6.45) is 0.639. The van der Waals surface area contributed by atoms with Crippen molar-refractivity contribution in [1.82, 2.24) is 4.31 Å². The van der Waals surface area contributed by atoms with Crippen LogP contribution in [0.4, 0.5) is 5.69 Å². The van der Waals surface area contributed by atoms with Gasteiger partial charge in [0.2, 0.25) is 15.9 Å². The third kappa shape index (κ3) is 5.05. The molecule has 1 aliphatic heterocycles. The van der Waals surface area contributed by atoms with E-state index in [1.807, 2.05) is 38.1 Å². The Bertz CT molecular complexity index is 719. The summed E-state index contributed by atoms with van der Waals surface area (Å²) in [6.45, 7) is 8.56. The van der Waals surface area contributed by atoms with Crippen LogP contribution in [0.2, 0.25) is 0 Å².